The van der Waals surface area contributed by atoms with Gasteiger partial charge in [-0.25, -0.2) is 4.79 Å². The van der Waals surface area contributed by atoms with E-state index in [4.69, 9.17) is 28.6 Å². The molecule has 90 valence electrons. The van der Waals surface area contributed by atoms with E-state index in [2.05, 4.69) is 14.8 Å². The summed E-state index contributed by atoms with van der Waals surface area (Å²) in [7, 11) is 0. The third kappa shape index (κ3) is 2.30. The van der Waals surface area contributed by atoms with Gasteiger partial charge in [0.2, 0.25) is 11.8 Å². The average Bonchev–Trinajstić information content (AvgIpc) is 2.46. The second kappa shape index (κ2) is 4.73. The molecule has 0 bridgehead atoms. The van der Waals surface area contributed by atoms with Crippen LogP contribution in [0.25, 0.3) is 10.4 Å². The van der Waals surface area contributed by atoms with Crippen LogP contribution in [0.5, 0.6) is 0 Å². The highest BCUT2D eigenvalue weighted by Gasteiger charge is 2.43. The Hall–Kier alpha value is -2.25. The zero-order chi connectivity index (χ0) is 13.2. The lowest BCUT2D eigenvalue weighted by Gasteiger charge is -2.17. The lowest BCUT2D eigenvalue weighted by atomic mass is 9.99. The number of hydrogen-bond donors (Lipinski definition) is 2. The van der Waals surface area contributed by atoms with E-state index in [1.807, 2.05) is 0 Å². The topological polar surface area (TPSA) is 161 Å². The fourth-order valence-corrected chi connectivity index (χ4v) is 1.46. The number of primary amides is 2. The van der Waals surface area contributed by atoms with Gasteiger partial charge < -0.3 is 16.2 Å². The van der Waals surface area contributed by atoms with E-state index >= 15 is 0 Å². The molecule has 1 aliphatic rings. The maximum atomic E-state index is 11.1. The summed E-state index contributed by atoms with van der Waals surface area (Å²) < 4.78 is 4.61. The molecule has 10 heteroatoms. The van der Waals surface area contributed by atoms with Gasteiger partial charge in [-0.15, -0.1) is 0 Å². The van der Waals surface area contributed by atoms with Gasteiger partial charge in [0.05, 0.1) is 5.70 Å². The Morgan fingerprint density at radius 1 is 1.47 bits per heavy atom. The second-order valence-electron chi connectivity index (χ2n) is 3.00. The van der Waals surface area contributed by atoms with E-state index in [9.17, 15) is 14.4 Å². The van der Waals surface area contributed by atoms with Crippen molar-refractivity contribution in [1.82, 2.24) is 0 Å². The lowest BCUT2D eigenvalue weighted by molar-refractivity contribution is -0.146. The van der Waals surface area contributed by atoms with Crippen molar-refractivity contribution >= 4 is 29.4 Å². The Kier molecular flexibility index (Phi) is 3.56. The quantitative estimate of drug-likeness (QED) is 0.223. The summed E-state index contributed by atoms with van der Waals surface area (Å²) in [6.07, 6.45) is -1.49. The highest BCUT2D eigenvalue weighted by molar-refractivity contribution is 6.42. The number of nitrogens with zero attached hydrogens (tertiary/aromatic N) is 3. The zero-order valence-corrected chi connectivity index (χ0v) is 8.92. The van der Waals surface area contributed by atoms with Crippen molar-refractivity contribution in [2.45, 2.75) is 6.10 Å². The van der Waals surface area contributed by atoms with Gasteiger partial charge >= 0.3 is 5.97 Å². The van der Waals surface area contributed by atoms with Crippen LogP contribution in [-0.2, 0) is 19.1 Å². The number of azide groups is 1. The lowest BCUT2D eigenvalue weighted by Crippen LogP contribution is -2.43. The summed E-state index contributed by atoms with van der Waals surface area (Å²) in [6.45, 7) is 0. The van der Waals surface area contributed by atoms with Crippen LogP contribution >= 0.6 is 11.6 Å². The summed E-state index contributed by atoms with van der Waals surface area (Å²) in [5.74, 6) is -4.90. The van der Waals surface area contributed by atoms with Gasteiger partial charge in [0.25, 0.3) is 0 Å². The Morgan fingerprint density at radius 2 is 2.00 bits per heavy atom. The average molecular weight is 260 g/mol. The van der Waals surface area contributed by atoms with E-state index < -0.39 is 34.8 Å². The highest BCUT2D eigenvalue weighted by Crippen LogP contribution is 2.31. The fraction of sp³-hybridized carbons (Fsp3) is 0.286. The van der Waals surface area contributed by atoms with Gasteiger partial charge in [0, 0.05) is 4.91 Å². The molecule has 2 amide bonds. The van der Waals surface area contributed by atoms with Gasteiger partial charge in [-0.2, -0.15) is 0 Å². The van der Waals surface area contributed by atoms with Gasteiger partial charge in [0.15, 0.2) is 12.0 Å². The third-order valence-electron chi connectivity index (χ3n) is 1.98. The molecule has 9 nitrogen and oxygen atoms in total. The van der Waals surface area contributed by atoms with Crippen LogP contribution in [0.1, 0.15) is 0 Å². The first-order valence-corrected chi connectivity index (χ1v) is 4.52. The number of esters is 1. The Balaban J connectivity index is 3.23. The molecule has 0 aromatic rings. The van der Waals surface area contributed by atoms with Crippen molar-refractivity contribution < 1.29 is 19.1 Å². The van der Waals surface area contributed by atoms with Crippen LogP contribution in [0.4, 0.5) is 0 Å². The van der Waals surface area contributed by atoms with Crippen molar-refractivity contribution in [3.05, 3.63) is 21.2 Å². The maximum absolute atomic E-state index is 11.1. The summed E-state index contributed by atoms with van der Waals surface area (Å²) in [4.78, 5) is 35.6. The molecule has 0 spiro atoms. The third-order valence-corrected chi connectivity index (χ3v) is 2.32. The smallest absolute Gasteiger partial charge is 0.350 e. The predicted octanol–water partition coefficient (Wildman–Crippen LogP) is -0.741. The minimum Gasteiger partial charge on any atom is -0.452 e. The molecule has 1 unspecified atom stereocenters. The molecular formula is C7H6ClN5O4. The molecule has 0 fully saturated rings. The van der Waals surface area contributed by atoms with Gasteiger partial charge in [-0.3, -0.25) is 9.59 Å². The monoisotopic (exact) mass is 259 g/mol. The number of amides is 2. The van der Waals surface area contributed by atoms with Crippen LogP contribution in [0.15, 0.2) is 15.8 Å². The van der Waals surface area contributed by atoms with Crippen LogP contribution in [-0.4, -0.2) is 23.9 Å². The highest BCUT2D eigenvalue weighted by atomic mass is 35.5. The normalized spacial score (nSPS) is 18.9. The van der Waals surface area contributed by atoms with Crippen molar-refractivity contribution in [1.29, 1.82) is 0 Å². The largest absolute Gasteiger partial charge is 0.452 e. The predicted molar refractivity (Wildman–Crippen MR) is 53.8 cm³/mol. The summed E-state index contributed by atoms with van der Waals surface area (Å²) in [5, 5.41) is 2.58. The van der Waals surface area contributed by atoms with Crippen LogP contribution in [0.3, 0.4) is 0 Å². The van der Waals surface area contributed by atoms with E-state index in [0.29, 0.717) is 0 Å². The molecule has 1 atom stereocenters. The first kappa shape index (κ1) is 12.8. The fourth-order valence-electron chi connectivity index (χ4n) is 1.27. The Morgan fingerprint density at radius 3 is 2.41 bits per heavy atom. The number of cyclic esters (lactones) is 1. The number of halogens is 1. The number of nitrogens with two attached hydrogens (primary N) is 2. The minimum absolute atomic E-state index is 0.387. The van der Waals surface area contributed by atoms with Crippen molar-refractivity contribution in [3.8, 4) is 0 Å². The summed E-state index contributed by atoms with van der Waals surface area (Å²) >= 11 is 5.49. The summed E-state index contributed by atoms with van der Waals surface area (Å²) in [6, 6.07) is 0. The van der Waals surface area contributed by atoms with Crippen molar-refractivity contribution in [2.75, 3.05) is 0 Å². The molecule has 0 aromatic heterocycles. The van der Waals surface area contributed by atoms with E-state index in [1.54, 1.807) is 0 Å². The molecule has 0 radical (unpaired) electrons. The molecule has 0 saturated carbocycles. The molecule has 1 heterocycles. The van der Waals surface area contributed by atoms with Crippen LogP contribution in [0, 0.1) is 5.92 Å². The number of ether oxygens (including phenoxy) is 1. The number of hydrogen-bond acceptors (Lipinski definition) is 5. The second-order valence-corrected chi connectivity index (χ2v) is 3.37. The van der Waals surface area contributed by atoms with Crippen molar-refractivity contribution in [3.63, 3.8) is 0 Å². The SMILES string of the molecule is [N-]=[N+]=NC1=C(Cl)C(=O)OC1C(C(N)=O)C(N)=O. The molecule has 1 rings (SSSR count). The van der Waals surface area contributed by atoms with Gasteiger partial charge in [-0.05, 0) is 5.53 Å². The van der Waals surface area contributed by atoms with Gasteiger partial charge in [0.1, 0.15) is 5.03 Å². The first-order valence-electron chi connectivity index (χ1n) is 4.14. The minimum atomic E-state index is -1.64. The van der Waals surface area contributed by atoms with Crippen molar-refractivity contribution in [2.24, 2.45) is 22.5 Å². The van der Waals surface area contributed by atoms with Crippen LogP contribution in [0.2, 0.25) is 0 Å². The number of carbonyl (C=O) groups excluding carboxylic acids is 3. The molecule has 0 aromatic carbocycles. The van der Waals surface area contributed by atoms with Crippen LogP contribution < -0.4 is 11.5 Å². The molecule has 0 saturated heterocycles. The number of rotatable bonds is 4. The number of carbonyl (C=O) groups is 3. The standard InChI is InChI=1S/C7H6ClN5O4/c8-2-3(12-13-11)4(17-7(2)16)1(5(9)14)6(10)15/h1,4H,(H2,9,14)(H2,10,15). The molecule has 4 N–H and O–H groups in total. The maximum Gasteiger partial charge on any atom is 0.350 e. The van der Waals surface area contributed by atoms with E-state index in [0.717, 1.165) is 0 Å². The molecular weight excluding hydrogens is 254 g/mol. The van der Waals surface area contributed by atoms with Gasteiger partial charge in [-0.1, -0.05) is 16.7 Å². The summed E-state index contributed by atoms with van der Waals surface area (Å²) in [5.41, 5.74) is 17.8. The molecule has 0 aliphatic carbocycles. The Labute approximate surface area is 98.9 Å². The molecule has 17 heavy (non-hydrogen) atoms. The van der Waals surface area contributed by atoms with E-state index in [1.165, 1.54) is 0 Å². The molecule has 1 aliphatic heterocycles. The zero-order valence-electron chi connectivity index (χ0n) is 8.16. The first-order chi connectivity index (χ1) is 7.90. The van der Waals surface area contributed by atoms with E-state index in [-0.39, 0.29) is 5.70 Å². The Bertz CT molecular complexity index is 467.